The van der Waals surface area contributed by atoms with Crippen LogP contribution in [0.2, 0.25) is 0 Å². The van der Waals surface area contributed by atoms with Crippen LogP contribution in [0.3, 0.4) is 0 Å². The molecule has 9 heteroatoms. The standard InChI is InChI=1S/C29H30FN3O5/c1-17(18-7-3-2-4-8-18)31-27(35)15-20-14-22-21-13-19(11-12-25(21)38-28(22)26(16-34)37-20)32-29(36)33-24-10-6-5-9-23(24)30/h2-13,17,20,22,26,28,34H,14-16H2,1H3,(H,31,35)(H2,32,33,36)/t17-,20+,22+,26+,28-/m1/s1. The predicted molar refractivity (Wildman–Crippen MR) is 141 cm³/mol. The normalized spacial score (nSPS) is 22.4. The molecule has 1 saturated heterocycles. The molecule has 2 aliphatic rings. The highest BCUT2D eigenvalue weighted by atomic mass is 19.1. The SMILES string of the molecule is C[C@@H](NC(=O)C[C@@H]1C[C@H]2c3cc(NC(=O)Nc4ccccc4F)ccc3O[C@H]2[C@H](CO)O1)c1ccccc1. The Morgan fingerprint density at radius 2 is 1.82 bits per heavy atom. The van der Waals surface area contributed by atoms with Gasteiger partial charge in [-0.1, -0.05) is 42.5 Å². The fraction of sp³-hybridized carbons (Fsp3) is 0.310. The zero-order valence-electron chi connectivity index (χ0n) is 20.9. The van der Waals surface area contributed by atoms with E-state index in [2.05, 4.69) is 16.0 Å². The Bertz CT molecular complexity index is 1300. The van der Waals surface area contributed by atoms with Gasteiger partial charge in [0.2, 0.25) is 5.91 Å². The summed E-state index contributed by atoms with van der Waals surface area (Å²) in [6, 6.07) is 20.2. The molecule has 0 spiro atoms. The molecule has 0 radical (unpaired) electrons. The number of amides is 3. The molecule has 3 aromatic carbocycles. The van der Waals surface area contributed by atoms with E-state index in [4.69, 9.17) is 9.47 Å². The Kier molecular flexibility index (Phi) is 7.57. The molecule has 0 saturated carbocycles. The fourth-order valence-electron chi connectivity index (χ4n) is 5.15. The number of hydrogen-bond donors (Lipinski definition) is 4. The van der Waals surface area contributed by atoms with Crippen molar-refractivity contribution < 1.29 is 28.6 Å². The van der Waals surface area contributed by atoms with Crippen LogP contribution in [0.4, 0.5) is 20.6 Å². The van der Waals surface area contributed by atoms with E-state index >= 15 is 0 Å². The minimum Gasteiger partial charge on any atom is -0.487 e. The van der Waals surface area contributed by atoms with E-state index in [-0.39, 0.29) is 36.6 Å². The number of fused-ring (bicyclic) bond motifs is 3. The minimum atomic E-state index is -0.591. The molecule has 2 aliphatic heterocycles. The van der Waals surface area contributed by atoms with Gasteiger partial charge in [0, 0.05) is 17.2 Å². The Balaban J connectivity index is 1.25. The van der Waals surface area contributed by atoms with Crippen LogP contribution in [0.15, 0.2) is 72.8 Å². The molecular weight excluding hydrogens is 489 g/mol. The van der Waals surface area contributed by atoms with Crippen LogP contribution < -0.4 is 20.7 Å². The van der Waals surface area contributed by atoms with Gasteiger partial charge in [-0.25, -0.2) is 9.18 Å². The van der Waals surface area contributed by atoms with E-state index in [1.165, 1.54) is 12.1 Å². The van der Waals surface area contributed by atoms with Crippen molar-refractivity contribution in [2.75, 3.05) is 17.2 Å². The summed E-state index contributed by atoms with van der Waals surface area (Å²) in [5, 5.41) is 18.2. The van der Waals surface area contributed by atoms with Crippen LogP contribution >= 0.6 is 0 Å². The van der Waals surface area contributed by atoms with Crippen molar-refractivity contribution in [1.82, 2.24) is 5.32 Å². The number of aliphatic hydroxyl groups is 1. The van der Waals surface area contributed by atoms with Gasteiger partial charge in [0.1, 0.15) is 23.8 Å². The van der Waals surface area contributed by atoms with Gasteiger partial charge in [0.15, 0.2) is 0 Å². The number of rotatable bonds is 7. The molecule has 3 aromatic rings. The lowest BCUT2D eigenvalue weighted by molar-refractivity contribution is -0.142. The highest BCUT2D eigenvalue weighted by Crippen LogP contribution is 2.47. The Morgan fingerprint density at radius 3 is 2.58 bits per heavy atom. The van der Waals surface area contributed by atoms with Crippen molar-refractivity contribution >= 4 is 23.3 Å². The molecule has 8 nitrogen and oxygen atoms in total. The van der Waals surface area contributed by atoms with E-state index in [1.807, 2.05) is 43.3 Å². The largest absolute Gasteiger partial charge is 0.487 e. The third-order valence-electron chi connectivity index (χ3n) is 6.97. The van der Waals surface area contributed by atoms with Gasteiger partial charge in [-0.05, 0) is 49.2 Å². The van der Waals surface area contributed by atoms with Crippen LogP contribution in [-0.4, -0.2) is 42.0 Å². The zero-order chi connectivity index (χ0) is 26.6. The van der Waals surface area contributed by atoms with Crippen LogP contribution in [0.1, 0.15) is 42.9 Å². The highest BCUT2D eigenvalue weighted by molar-refractivity contribution is 6.00. The number of aliphatic hydroxyl groups excluding tert-OH is 1. The average Bonchev–Trinajstić information content (AvgIpc) is 3.28. The lowest BCUT2D eigenvalue weighted by Gasteiger charge is -2.37. The lowest BCUT2D eigenvalue weighted by atomic mass is 9.84. The molecule has 198 valence electrons. The Labute approximate surface area is 220 Å². The number of urea groups is 1. The minimum absolute atomic E-state index is 0.0764. The van der Waals surface area contributed by atoms with E-state index < -0.39 is 30.2 Å². The number of benzene rings is 3. The topological polar surface area (TPSA) is 109 Å². The Morgan fingerprint density at radius 1 is 1.05 bits per heavy atom. The third kappa shape index (κ3) is 5.64. The second-order valence-electron chi connectivity index (χ2n) is 9.62. The van der Waals surface area contributed by atoms with Gasteiger partial charge in [0.25, 0.3) is 0 Å². The average molecular weight is 520 g/mol. The number of ether oxygens (including phenoxy) is 2. The summed E-state index contributed by atoms with van der Waals surface area (Å²) >= 11 is 0. The summed E-state index contributed by atoms with van der Waals surface area (Å²) in [5.41, 5.74) is 2.46. The van der Waals surface area contributed by atoms with Gasteiger partial charge in [0.05, 0.1) is 30.9 Å². The first kappa shape index (κ1) is 25.7. The van der Waals surface area contributed by atoms with Crippen LogP contribution in [0, 0.1) is 5.82 Å². The number of anilines is 2. The molecule has 5 atom stereocenters. The van der Waals surface area contributed by atoms with Crippen molar-refractivity contribution in [2.24, 2.45) is 0 Å². The molecule has 38 heavy (non-hydrogen) atoms. The van der Waals surface area contributed by atoms with Crippen molar-refractivity contribution in [3.8, 4) is 5.75 Å². The van der Waals surface area contributed by atoms with Crippen molar-refractivity contribution in [3.05, 3.63) is 89.7 Å². The fourth-order valence-corrected chi connectivity index (χ4v) is 5.15. The number of carbonyl (C=O) groups excluding carboxylic acids is 2. The van der Waals surface area contributed by atoms with E-state index in [9.17, 15) is 19.1 Å². The summed E-state index contributed by atoms with van der Waals surface area (Å²) in [7, 11) is 0. The molecule has 1 fully saturated rings. The molecule has 0 bridgehead atoms. The number of para-hydroxylation sites is 1. The van der Waals surface area contributed by atoms with Crippen molar-refractivity contribution in [3.63, 3.8) is 0 Å². The molecule has 3 amide bonds. The van der Waals surface area contributed by atoms with Gasteiger partial charge in [-0.3, -0.25) is 4.79 Å². The number of nitrogens with one attached hydrogen (secondary N) is 3. The third-order valence-corrected chi connectivity index (χ3v) is 6.97. The first-order chi connectivity index (χ1) is 18.4. The summed E-state index contributed by atoms with van der Waals surface area (Å²) in [6.07, 6.45) is -0.736. The van der Waals surface area contributed by atoms with E-state index in [1.54, 1.807) is 24.3 Å². The lowest BCUT2D eigenvalue weighted by Crippen LogP contribution is -2.47. The number of hydrogen-bond acceptors (Lipinski definition) is 5. The monoisotopic (exact) mass is 519 g/mol. The summed E-state index contributed by atoms with van der Waals surface area (Å²) < 4.78 is 26.0. The van der Waals surface area contributed by atoms with Gasteiger partial charge in [-0.15, -0.1) is 0 Å². The second kappa shape index (κ2) is 11.2. The molecule has 0 aliphatic carbocycles. The van der Waals surface area contributed by atoms with Gasteiger partial charge < -0.3 is 30.5 Å². The highest BCUT2D eigenvalue weighted by Gasteiger charge is 2.46. The Hall–Kier alpha value is -3.95. The van der Waals surface area contributed by atoms with Crippen LogP contribution in [-0.2, 0) is 9.53 Å². The molecule has 0 aromatic heterocycles. The molecule has 5 rings (SSSR count). The second-order valence-corrected chi connectivity index (χ2v) is 9.62. The number of halogens is 1. The van der Waals surface area contributed by atoms with Crippen molar-refractivity contribution in [2.45, 2.75) is 50.0 Å². The maximum atomic E-state index is 13.9. The summed E-state index contributed by atoms with van der Waals surface area (Å²) in [6.45, 7) is 1.68. The van der Waals surface area contributed by atoms with Gasteiger partial charge >= 0.3 is 6.03 Å². The molecule has 0 unspecified atom stereocenters. The number of carbonyl (C=O) groups is 2. The van der Waals surface area contributed by atoms with E-state index in [0.717, 1.165) is 11.1 Å². The van der Waals surface area contributed by atoms with Crippen LogP contribution in [0.5, 0.6) is 5.75 Å². The maximum Gasteiger partial charge on any atom is 0.323 e. The quantitative estimate of drug-likeness (QED) is 0.361. The van der Waals surface area contributed by atoms with Gasteiger partial charge in [-0.2, -0.15) is 0 Å². The molecule has 2 heterocycles. The summed E-state index contributed by atoms with van der Waals surface area (Å²) in [4.78, 5) is 25.3. The zero-order valence-corrected chi connectivity index (χ0v) is 20.9. The predicted octanol–water partition coefficient (Wildman–Crippen LogP) is 4.73. The first-order valence-corrected chi connectivity index (χ1v) is 12.6. The first-order valence-electron chi connectivity index (χ1n) is 12.6. The maximum absolute atomic E-state index is 13.9. The smallest absolute Gasteiger partial charge is 0.323 e. The summed E-state index contributed by atoms with van der Waals surface area (Å²) in [5.74, 6) is -0.152. The van der Waals surface area contributed by atoms with Crippen LogP contribution in [0.25, 0.3) is 0 Å². The molecule has 4 N–H and O–H groups in total. The van der Waals surface area contributed by atoms with Crippen molar-refractivity contribution in [1.29, 1.82) is 0 Å². The molecular formula is C29H30FN3O5. The van der Waals surface area contributed by atoms with E-state index in [0.29, 0.717) is 17.9 Å².